The molecule has 1 aromatic carbocycles. The molecule has 0 bridgehead atoms. The van der Waals surface area contributed by atoms with Crippen LogP contribution in [0.1, 0.15) is 26.9 Å². The molecule has 29 heavy (non-hydrogen) atoms. The van der Waals surface area contributed by atoms with E-state index in [0.717, 1.165) is 22.0 Å². The van der Waals surface area contributed by atoms with Crippen LogP contribution in [0.5, 0.6) is 0 Å². The number of rotatable bonds is 3. The molecule has 3 aromatic heterocycles. The zero-order valence-corrected chi connectivity index (χ0v) is 16.1. The van der Waals surface area contributed by atoms with E-state index in [9.17, 15) is 9.59 Å². The Labute approximate surface area is 169 Å². The van der Waals surface area contributed by atoms with Crippen molar-refractivity contribution in [2.45, 2.75) is 12.3 Å². The lowest BCUT2D eigenvalue weighted by Crippen LogP contribution is -2.44. The first-order valence-corrected chi connectivity index (χ1v) is 9.93. The topological polar surface area (TPSA) is 105 Å². The molecule has 1 atom stereocenters. The molecule has 1 aliphatic heterocycles. The summed E-state index contributed by atoms with van der Waals surface area (Å²) >= 11 is 1.42. The second-order valence-corrected chi connectivity index (χ2v) is 7.75. The highest BCUT2D eigenvalue weighted by atomic mass is 32.2. The number of carbonyl (C=O) groups is 2. The minimum Gasteiger partial charge on any atom is -0.272 e. The monoisotopic (exact) mass is 405 g/mol. The molecule has 1 fully saturated rings. The highest BCUT2D eigenvalue weighted by molar-refractivity contribution is 8.00. The van der Waals surface area contributed by atoms with Gasteiger partial charge in [0, 0.05) is 23.3 Å². The maximum Gasteiger partial charge on any atom is 0.271 e. The Bertz CT molecular complexity index is 1260. The molecule has 10 heteroatoms. The molecule has 1 N–H and O–H groups in total. The van der Waals surface area contributed by atoms with Gasteiger partial charge in [0.15, 0.2) is 5.65 Å². The van der Waals surface area contributed by atoms with Crippen LogP contribution >= 0.6 is 11.8 Å². The number of thioether (sulfide) groups is 1. The second kappa shape index (κ2) is 6.82. The van der Waals surface area contributed by atoms with Crippen LogP contribution in [0.3, 0.4) is 0 Å². The minimum atomic E-state index is -0.442. The van der Waals surface area contributed by atoms with Crippen LogP contribution < -0.4 is 5.43 Å². The number of hydrogen-bond acceptors (Lipinski definition) is 7. The smallest absolute Gasteiger partial charge is 0.271 e. The van der Waals surface area contributed by atoms with Crippen molar-refractivity contribution in [1.29, 1.82) is 0 Å². The maximum absolute atomic E-state index is 12.6. The fourth-order valence-electron chi connectivity index (χ4n) is 3.35. The van der Waals surface area contributed by atoms with E-state index in [1.165, 1.54) is 23.0 Å². The Morgan fingerprint density at radius 2 is 2.17 bits per heavy atom. The average molecular weight is 405 g/mol. The first-order valence-electron chi connectivity index (χ1n) is 8.88. The number of carbonyl (C=O) groups excluding carboxylic acids is 2. The summed E-state index contributed by atoms with van der Waals surface area (Å²) in [5, 5.41) is 14.0. The van der Waals surface area contributed by atoms with Gasteiger partial charge in [0.1, 0.15) is 5.37 Å². The Morgan fingerprint density at radius 1 is 1.28 bits per heavy atom. The Balaban J connectivity index is 1.57. The summed E-state index contributed by atoms with van der Waals surface area (Å²) in [6.45, 7) is 2.00. The number of hydrazine groups is 1. The quantitative estimate of drug-likeness (QED) is 0.555. The number of fused-ring (bicyclic) bond motifs is 3. The van der Waals surface area contributed by atoms with Gasteiger partial charge in [-0.15, -0.1) is 16.9 Å². The van der Waals surface area contributed by atoms with Crippen LogP contribution in [0, 0.1) is 6.92 Å². The normalized spacial score (nSPS) is 16.7. The summed E-state index contributed by atoms with van der Waals surface area (Å²) in [6, 6.07) is 11.3. The lowest BCUT2D eigenvalue weighted by Gasteiger charge is -2.24. The van der Waals surface area contributed by atoms with Gasteiger partial charge in [0.05, 0.1) is 16.8 Å². The summed E-state index contributed by atoms with van der Waals surface area (Å²) in [6.07, 6.45) is 3.04. The van der Waals surface area contributed by atoms with Gasteiger partial charge in [-0.05, 0) is 47.2 Å². The lowest BCUT2D eigenvalue weighted by molar-refractivity contribution is -0.130. The first kappa shape index (κ1) is 17.6. The van der Waals surface area contributed by atoms with Gasteiger partial charge in [0.2, 0.25) is 0 Å². The van der Waals surface area contributed by atoms with Crippen LogP contribution in [-0.4, -0.2) is 47.6 Å². The molecule has 0 saturated carbocycles. The van der Waals surface area contributed by atoms with E-state index in [1.54, 1.807) is 22.8 Å². The van der Waals surface area contributed by atoms with Crippen molar-refractivity contribution in [2.75, 3.05) is 5.75 Å². The predicted molar refractivity (Wildman–Crippen MR) is 107 cm³/mol. The van der Waals surface area contributed by atoms with Crippen molar-refractivity contribution < 1.29 is 9.59 Å². The molecule has 0 spiro atoms. The molecule has 4 heterocycles. The molecule has 0 aliphatic carbocycles. The van der Waals surface area contributed by atoms with E-state index >= 15 is 0 Å². The summed E-state index contributed by atoms with van der Waals surface area (Å²) < 4.78 is 1.67. The molecular formula is C19H15N7O2S. The van der Waals surface area contributed by atoms with E-state index in [-0.39, 0.29) is 11.7 Å². The van der Waals surface area contributed by atoms with Crippen molar-refractivity contribution in [3.63, 3.8) is 0 Å². The summed E-state index contributed by atoms with van der Waals surface area (Å²) in [5.74, 6) is -0.338. The molecule has 1 saturated heterocycles. The fourth-order valence-corrected chi connectivity index (χ4v) is 4.46. The van der Waals surface area contributed by atoms with E-state index < -0.39 is 11.3 Å². The predicted octanol–water partition coefficient (Wildman–Crippen LogP) is 1.90. The maximum atomic E-state index is 12.6. The third-order valence-electron chi connectivity index (χ3n) is 4.73. The van der Waals surface area contributed by atoms with Crippen LogP contribution in [0.2, 0.25) is 0 Å². The molecule has 144 valence electrons. The Kier molecular flexibility index (Phi) is 4.13. The Hall–Kier alpha value is -3.53. The van der Waals surface area contributed by atoms with Gasteiger partial charge in [-0.1, -0.05) is 12.1 Å². The number of aromatic nitrogens is 5. The van der Waals surface area contributed by atoms with Gasteiger partial charge in [-0.3, -0.25) is 20.0 Å². The summed E-state index contributed by atoms with van der Waals surface area (Å²) in [7, 11) is 0. The number of tetrazole rings is 1. The summed E-state index contributed by atoms with van der Waals surface area (Å²) in [5.41, 5.74) is 6.38. The van der Waals surface area contributed by atoms with Crippen molar-refractivity contribution in [3.8, 4) is 0 Å². The third-order valence-corrected chi connectivity index (χ3v) is 5.93. The highest BCUT2D eigenvalue weighted by Crippen LogP contribution is 2.40. The standard InChI is InChI=1S/C19H15N7O2S/c1-11-4-5-12-8-14(17-21-23-24-25(17)15(12)7-11)19-26(16(27)10-29-19)22-18(28)13-3-2-6-20-9-13/h2-9,19H,10H2,1H3,(H,22,28). The molecule has 4 aromatic rings. The molecule has 2 amide bonds. The van der Waals surface area contributed by atoms with Gasteiger partial charge < -0.3 is 0 Å². The number of hydrogen-bond donors (Lipinski definition) is 1. The average Bonchev–Trinajstić information content (AvgIpc) is 3.36. The molecule has 1 unspecified atom stereocenters. The molecule has 0 radical (unpaired) electrons. The van der Waals surface area contributed by atoms with E-state index in [0.29, 0.717) is 11.2 Å². The van der Waals surface area contributed by atoms with Gasteiger partial charge in [-0.25, -0.2) is 5.01 Å². The van der Waals surface area contributed by atoms with Crippen LogP contribution in [0.25, 0.3) is 16.6 Å². The molecule has 9 nitrogen and oxygen atoms in total. The number of aryl methyl sites for hydroxylation is 1. The first-order chi connectivity index (χ1) is 14.1. The van der Waals surface area contributed by atoms with Crippen LogP contribution in [0.15, 0.2) is 48.8 Å². The van der Waals surface area contributed by atoms with Gasteiger partial charge in [0.25, 0.3) is 11.8 Å². The zero-order chi connectivity index (χ0) is 20.0. The van der Waals surface area contributed by atoms with Crippen molar-refractivity contribution in [2.24, 2.45) is 0 Å². The third kappa shape index (κ3) is 2.97. The van der Waals surface area contributed by atoms with Crippen molar-refractivity contribution in [3.05, 3.63) is 65.5 Å². The fraction of sp³-hybridized carbons (Fsp3) is 0.158. The van der Waals surface area contributed by atoms with Gasteiger partial charge >= 0.3 is 0 Å². The number of nitrogens with one attached hydrogen (secondary N) is 1. The van der Waals surface area contributed by atoms with E-state index in [1.807, 2.05) is 31.2 Å². The summed E-state index contributed by atoms with van der Waals surface area (Å²) in [4.78, 5) is 29.1. The van der Waals surface area contributed by atoms with Crippen LogP contribution in [-0.2, 0) is 4.79 Å². The Morgan fingerprint density at radius 3 is 3.00 bits per heavy atom. The highest BCUT2D eigenvalue weighted by Gasteiger charge is 2.36. The minimum absolute atomic E-state index is 0.188. The number of amides is 2. The molecule has 5 rings (SSSR count). The van der Waals surface area contributed by atoms with E-state index in [4.69, 9.17) is 0 Å². The number of benzene rings is 1. The lowest BCUT2D eigenvalue weighted by atomic mass is 10.1. The second-order valence-electron chi connectivity index (χ2n) is 6.69. The molecule has 1 aliphatic rings. The van der Waals surface area contributed by atoms with E-state index in [2.05, 4.69) is 25.9 Å². The zero-order valence-electron chi connectivity index (χ0n) is 15.3. The van der Waals surface area contributed by atoms with Gasteiger partial charge in [-0.2, -0.15) is 4.52 Å². The number of pyridine rings is 2. The van der Waals surface area contributed by atoms with Crippen molar-refractivity contribution >= 4 is 40.1 Å². The van der Waals surface area contributed by atoms with Crippen LogP contribution in [0.4, 0.5) is 0 Å². The molecular weight excluding hydrogens is 390 g/mol. The SMILES string of the molecule is Cc1ccc2cc(C3SCC(=O)N3NC(=O)c3cccnc3)c3nnnn3c2c1. The largest absolute Gasteiger partial charge is 0.272 e. The van der Waals surface area contributed by atoms with Crippen molar-refractivity contribution in [1.82, 2.24) is 35.5 Å². The number of nitrogens with zero attached hydrogens (tertiary/aromatic N) is 6.